The lowest BCUT2D eigenvalue weighted by Gasteiger charge is -2.25. The summed E-state index contributed by atoms with van der Waals surface area (Å²) in [6.45, 7) is 5.47. The highest BCUT2D eigenvalue weighted by molar-refractivity contribution is 6.43. The number of carbonyl (C=O) groups is 2. The summed E-state index contributed by atoms with van der Waals surface area (Å²) in [6, 6.07) is 12.0. The van der Waals surface area contributed by atoms with E-state index in [1.807, 2.05) is 29.2 Å². The standard InChI is InChI=1S/C22H24Cl3N3O2/c1-15(26-21(29)18-4-2-5-19(24)20(18)25)22(30)28-11-3-10-27(12-13-28)14-16-6-8-17(23)9-7-16/h2,4-9,15H,3,10-14H2,1H3,(H,26,29). The van der Waals surface area contributed by atoms with Crippen LogP contribution in [0.3, 0.4) is 0 Å². The van der Waals surface area contributed by atoms with E-state index in [0.29, 0.717) is 18.1 Å². The normalized spacial score (nSPS) is 16.1. The molecule has 0 bridgehead atoms. The molecule has 1 N–H and O–H groups in total. The minimum Gasteiger partial charge on any atom is -0.340 e. The second kappa shape index (κ2) is 10.5. The van der Waals surface area contributed by atoms with Gasteiger partial charge in [0.2, 0.25) is 5.91 Å². The molecule has 5 nitrogen and oxygen atoms in total. The Balaban J connectivity index is 1.55. The Morgan fingerprint density at radius 3 is 2.47 bits per heavy atom. The monoisotopic (exact) mass is 467 g/mol. The first-order valence-corrected chi connectivity index (χ1v) is 11.0. The molecule has 2 amide bonds. The molecule has 1 aliphatic rings. The molecule has 2 aromatic carbocycles. The molecule has 30 heavy (non-hydrogen) atoms. The lowest BCUT2D eigenvalue weighted by Crippen LogP contribution is -2.48. The minimum absolute atomic E-state index is 0.102. The van der Waals surface area contributed by atoms with Crippen molar-refractivity contribution < 1.29 is 9.59 Å². The summed E-state index contributed by atoms with van der Waals surface area (Å²) in [5, 5.41) is 3.95. The minimum atomic E-state index is -0.657. The molecule has 1 unspecified atom stereocenters. The van der Waals surface area contributed by atoms with E-state index in [9.17, 15) is 9.59 Å². The van der Waals surface area contributed by atoms with Crippen molar-refractivity contribution in [3.8, 4) is 0 Å². The fourth-order valence-electron chi connectivity index (χ4n) is 3.49. The lowest BCUT2D eigenvalue weighted by atomic mass is 10.2. The Labute approximate surface area is 191 Å². The van der Waals surface area contributed by atoms with Gasteiger partial charge in [-0.2, -0.15) is 0 Å². The highest BCUT2D eigenvalue weighted by Crippen LogP contribution is 2.25. The molecule has 1 saturated heterocycles. The fourth-order valence-corrected chi connectivity index (χ4v) is 4.00. The van der Waals surface area contributed by atoms with Crippen molar-refractivity contribution in [1.82, 2.24) is 15.1 Å². The first kappa shape index (κ1) is 22.9. The van der Waals surface area contributed by atoms with E-state index in [1.165, 1.54) is 5.56 Å². The molecule has 8 heteroatoms. The molecule has 0 saturated carbocycles. The van der Waals surface area contributed by atoms with Crippen molar-refractivity contribution in [2.75, 3.05) is 26.2 Å². The van der Waals surface area contributed by atoms with Crippen LogP contribution >= 0.6 is 34.8 Å². The van der Waals surface area contributed by atoms with Crippen LogP contribution < -0.4 is 5.32 Å². The maximum atomic E-state index is 12.9. The van der Waals surface area contributed by atoms with Crippen molar-refractivity contribution in [3.63, 3.8) is 0 Å². The highest BCUT2D eigenvalue weighted by atomic mass is 35.5. The molecule has 0 aliphatic carbocycles. The summed E-state index contributed by atoms with van der Waals surface area (Å²) in [5.74, 6) is -0.516. The summed E-state index contributed by atoms with van der Waals surface area (Å²) in [4.78, 5) is 29.5. The Morgan fingerprint density at radius 1 is 1.00 bits per heavy atom. The summed E-state index contributed by atoms with van der Waals surface area (Å²) in [7, 11) is 0. The van der Waals surface area contributed by atoms with Crippen LogP contribution in [0.2, 0.25) is 15.1 Å². The zero-order chi connectivity index (χ0) is 21.7. The predicted octanol–water partition coefficient (Wildman–Crippen LogP) is 4.50. The molecule has 0 spiro atoms. The smallest absolute Gasteiger partial charge is 0.253 e. The van der Waals surface area contributed by atoms with Gasteiger partial charge in [0, 0.05) is 37.7 Å². The third-order valence-electron chi connectivity index (χ3n) is 5.13. The van der Waals surface area contributed by atoms with Crippen LogP contribution in [-0.4, -0.2) is 53.8 Å². The van der Waals surface area contributed by atoms with Gasteiger partial charge in [-0.15, -0.1) is 0 Å². The van der Waals surface area contributed by atoms with Crippen LogP contribution in [0, 0.1) is 0 Å². The summed E-state index contributed by atoms with van der Waals surface area (Å²) in [6.07, 6.45) is 0.875. The summed E-state index contributed by atoms with van der Waals surface area (Å²) >= 11 is 18.0. The van der Waals surface area contributed by atoms with E-state index in [2.05, 4.69) is 10.2 Å². The number of benzene rings is 2. The van der Waals surface area contributed by atoms with Crippen LogP contribution in [0.4, 0.5) is 0 Å². The molecule has 160 valence electrons. The Bertz CT molecular complexity index is 905. The predicted molar refractivity (Wildman–Crippen MR) is 121 cm³/mol. The maximum absolute atomic E-state index is 12.9. The summed E-state index contributed by atoms with van der Waals surface area (Å²) < 4.78 is 0. The number of carbonyl (C=O) groups excluding carboxylic acids is 2. The molecule has 0 radical (unpaired) electrons. The molecule has 1 fully saturated rings. The van der Waals surface area contributed by atoms with Gasteiger partial charge < -0.3 is 10.2 Å². The fraction of sp³-hybridized carbons (Fsp3) is 0.364. The molecule has 1 heterocycles. The zero-order valence-electron chi connectivity index (χ0n) is 16.7. The zero-order valence-corrected chi connectivity index (χ0v) is 19.0. The molecule has 0 aromatic heterocycles. The van der Waals surface area contributed by atoms with Gasteiger partial charge >= 0.3 is 0 Å². The number of nitrogens with zero attached hydrogens (tertiary/aromatic N) is 2. The molecule has 3 rings (SSSR count). The van der Waals surface area contributed by atoms with Crippen LogP contribution in [0.1, 0.15) is 29.3 Å². The molecule has 1 atom stereocenters. The number of amides is 2. The van der Waals surface area contributed by atoms with Crippen LogP contribution in [0.25, 0.3) is 0 Å². The van der Waals surface area contributed by atoms with Gasteiger partial charge in [0.15, 0.2) is 0 Å². The van der Waals surface area contributed by atoms with Gasteiger partial charge in [-0.3, -0.25) is 14.5 Å². The Morgan fingerprint density at radius 2 is 1.73 bits per heavy atom. The second-order valence-electron chi connectivity index (χ2n) is 7.38. The van der Waals surface area contributed by atoms with Gasteiger partial charge in [-0.1, -0.05) is 53.0 Å². The largest absolute Gasteiger partial charge is 0.340 e. The van der Waals surface area contributed by atoms with E-state index in [-0.39, 0.29) is 16.5 Å². The molecule has 1 aliphatic heterocycles. The van der Waals surface area contributed by atoms with E-state index >= 15 is 0 Å². The third-order valence-corrected chi connectivity index (χ3v) is 6.20. The SMILES string of the molecule is CC(NC(=O)c1cccc(Cl)c1Cl)C(=O)N1CCCN(Cc2ccc(Cl)cc2)CC1. The first-order valence-electron chi connectivity index (χ1n) is 9.85. The number of nitrogens with one attached hydrogen (secondary N) is 1. The van der Waals surface area contributed by atoms with Crippen molar-refractivity contribution in [2.24, 2.45) is 0 Å². The van der Waals surface area contributed by atoms with Gasteiger partial charge in [0.1, 0.15) is 6.04 Å². The molecular weight excluding hydrogens is 445 g/mol. The van der Waals surface area contributed by atoms with Crippen LogP contribution in [-0.2, 0) is 11.3 Å². The average Bonchev–Trinajstić information content (AvgIpc) is 2.96. The number of rotatable bonds is 5. The maximum Gasteiger partial charge on any atom is 0.253 e. The van der Waals surface area contributed by atoms with Gasteiger partial charge in [-0.05, 0) is 43.2 Å². The van der Waals surface area contributed by atoms with Crippen molar-refractivity contribution >= 4 is 46.6 Å². The van der Waals surface area contributed by atoms with Crippen LogP contribution in [0.15, 0.2) is 42.5 Å². The van der Waals surface area contributed by atoms with Crippen molar-refractivity contribution in [2.45, 2.75) is 25.9 Å². The Kier molecular flexibility index (Phi) is 8.00. The summed E-state index contributed by atoms with van der Waals surface area (Å²) in [5.41, 5.74) is 1.45. The quantitative estimate of drug-likeness (QED) is 0.703. The van der Waals surface area contributed by atoms with E-state index in [0.717, 1.165) is 31.1 Å². The number of hydrogen-bond acceptors (Lipinski definition) is 3. The van der Waals surface area contributed by atoms with Gasteiger partial charge in [0.05, 0.1) is 15.6 Å². The average molecular weight is 469 g/mol. The van der Waals surface area contributed by atoms with Crippen LogP contribution in [0.5, 0.6) is 0 Å². The third kappa shape index (κ3) is 5.88. The van der Waals surface area contributed by atoms with Crippen molar-refractivity contribution in [1.29, 1.82) is 0 Å². The molecule has 2 aromatic rings. The number of halogens is 3. The van der Waals surface area contributed by atoms with E-state index in [1.54, 1.807) is 25.1 Å². The number of hydrogen-bond donors (Lipinski definition) is 1. The second-order valence-corrected chi connectivity index (χ2v) is 8.60. The molecular formula is C22H24Cl3N3O2. The van der Waals surface area contributed by atoms with Gasteiger partial charge in [0.25, 0.3) is 5.91 Å². The van der Waals surface area contributed by atoms with Crippen molar-refractivity contribution in [3.05, 3.63) is 68.7 Å². The lowest BCUT2D eigenvalue weighted by molar-refractivity contribution is -0.132. The van der Waals surface area contributed by atoms with Gasteiger partial charge in [-0.25, -0.2) is 0 Å². The van der Waals surface area contributed by atoms with E-state index in [4.69, 9.17) is 34.8 Å². The first-order chi connectivity index (χ1) is 14.3. The Hall–Kier alpha value is -1.79. The topological polar surface area (TPSA) is 52.7 Å². The van der Waals surface area contributed by atoms with E-state index < -0.39 is 11.9 Å². The highest BCUT2D eigenvalue weighted by Gasteiger charge is 2.25.